The number of likely N-dealkylation sites (tertiary alicyclic amines) is 1. The second-order valence-electron chi connectivity index (χ2n) is 16.3. The van der Waals surface area contributed by atoms with Crippen molar-refractivity contribution < 1.29 is 38.2 Å². The van der Waals surface area contributed by atoms with Crippen LogP contribution in [0.3, 0.4) is 0 Å². The van der Waals surface area contributed by atoms with Gasteiger partial charge in [-0.1, -0.05) is 83.7 Å². The normalized spacial score (nSPS) is 16.0. The van der Waals surface area contributed by atoms with Crippen LogP contribution in [0, 0.1) is 5.92 Å². The zero-order valence-corrected chi connectivity index (χ0v) is 35.3. The summed E-state index contributed by atoms with van der Waals surface area (Å²) in [6, 6.07) is 5.22. The van der Waals surface area contributed by atoms with Gasteiger partial charge in [0, 0.05) is 38.3 Å². The maximum Gasteiger partial charge on any atom is 0.408 e. The lowest BCUT2D eigenvalue weighted by Gasteiger charge is -2.38. The molecule has 3 rings (SSSR count). The molecule has 15 nitrogen and oxygen atoms in total. The third kappa shape index (κ3) is 13.6. The van der Waals surface area contributed by atoms with Crippen LogP contribution < -0.4 is 21.3 Å². The van der Waals surface area contributed by atoms with Gasteiger partial charge in [-0.2, -0.15) is 0 Å². The number of carbonyl (C=O) groups excluding carboxylic acids is 6. The highest BCUT2D eigenvalue weighted by atomic mass is 16.6. The van der Waals surface area contributed by atoms with Crippen molar-refractivity contribution in [3.8, 4) is 0 Å². The number of alkyl carbamates (subject to hydrolysis) is 1. The number of carbonyl (C=O) groups is 6. The van der Waals surface area contributed by atoms with E-state index in [1.807, 2.05) is 44.2 Å². The number of imidazole rings is 1. The predicted molar refractivity (Wildman–Crippen MR) is 216 cm³/mol. The molecule has 0 unspecified atom stereocenters. The lowest BCUT2D eigenvalue weighted by atomic mass is 9.84. The van der Waals surface area contributed by atoms with Crippen molar-refractivity contribution in [2.75, 3.05) is 13.7 Å². The van der Waals surface area contributed by atoms with Gasteiger partial charge in [-0.15, -0.1) is 0 Å². The molecule has 0 bridgehead atoms. The summed E-state index contributed by atoms with van der Waals surface area (Å²) in [4.78, 5) is 88.6. The van der Waals surface area contributed by atoms with Crippen LogP contribution in [0.2, 0.25) is 0 Å². The van der Waals surface area contributed by atoms with Crippen LogP contribution in [0.4, 0.5) is 4.79 Å². The van der Waals surface area contributed by atoms with Crippen molar-refractivity contribution in [2.24, 2.45) is 13.0 Å². The highest BCUT2D eigenvalue weighted by Gasteiger charge is 2.45. The van der Waals surface area contributed by atoms with Crippen molar-refractivity contribution >= 4 is 35.7 Å². The van der Waals surface area contributed by atoms with Crippen molar-refractivity contribution in [1.82, 2.24) is 35.7 Å². The van der Waals surface area contributed by atoms with E-state index in [-0.39, 0.29) is 25.3 Å². The maximum atomic E-state index is 14.6. The number of aryl methyl sites for hydroxylation is 1. The number of aromatic nitrogens is 2. The molecule has 0 aliphatic carbocycles. The third-order valence-electron chi connectivity index (χ3n) is 10.2. The lowest BCUT2D eigenvalue weighted by molar-refractivity contribution is -0.146. The van der Waals surface area contributed by atoms with E-state index in [0.29, 0.717) is 44.2 Å². The van der Waals surface area contributed by atoms with E-state index in [4.69, 9.17) is 9.47 Å². The molecular weight excluding hydrogens is 731 g/mol. The minimum Gasteiger partial charge on any atom is -0.467 e. The van der Waals surface area contributed by atoms with E-state index in [0.717, 1.165) is 18.4 Å². The molecule has 0 radical (unpaired) electrons. The van der Waals surface area contributed by atoms with Gasteiger partial charge in [0.05, 0.1) is 13.4 Å². The number of esters is 1. The minimum absolute atomic E-state index is 0.111. The van der Waals surface area contributed by atoms with Gasteiger partial charge in [0.1, 0.15) is 35.3 Å². The number of benzene rings is 1. The van der Waals surface area contributed by atoms with Crippen LogP contribution in [0.5, 0.6) is 0 Å². The summed E-state index contributed by atoms with van der Waals surface area (Å²) in [5.74, 6) is -3.01. The Morgan fingerprint density at radius 1 is 0.912 bits per heavy atom. The fourth-order valence-corrected chi connectivity index (χ4v) is 7.01. The molecule has 1 aromatic heterocycles. The molecule has 1 fully saturated rings. The van der Waals surface area contributed by atoms with E-state index in [1.165, 1.54) is 12.0 Å². The molecule has 1 aromatic carbocycles. The topological polar surface area (TPSA) is 190 Å². The van der Waals surface area contributed by atoms with Crippen molar-refractivity contribution in [3.05, 3.63) is 54.1 Å². The molecule has 15 heteroatoms. The Kier molecular flexibility index (Phi) is 17.5. The van der Waals surface area contributed by atoms with Gasteiger partial charge >= 0.3 is 12.1 Å². The minimum atomic E-state index is -1.40. The summed E-state index contributed by atoms with van der Waals surface area (Å²) in [7, 11) is 3.04. The second kappa shape index (κ2) is 21.5. The fourth-order valence-electron chi connectivity index (χ4n) is 7.01. The molecule has 0 spiro atoms. The first-order valence-corrected chi connectivity index (χ1v) is 20.3. The monoisotopic (exact) mass is 795 g/mol. The van der Waals surface area contributed by atoms with Crippen LogP contribution >= 0.6 is 0 Å². The molecule has 0 saturated carbocycles. The van der Waals surface area contributed by atoms with Crippen LogP contribution in [0.1, 0.15) is 111 Å². The van der Waals surface area contributed by atoms with Crippen LogP contribution in [-0.4, -0.2) is 99.1 Å². The number of hydrogen-bond acceptors (Lipinski definition) is 9. The van der Waals surface area contributed by atoms with Gasteiger partial charge in [-0.25, -0.2) is 14.6 Å². The number of unbranched alkanes of at least 4 members (excludes halogenated alkanes) is 2. The number of methoxy groups -OCH3 is 1. The first kappa shape index (κ1) is 46.4. The molecule has 2 aromatic rings. The predicted octanol–water partition coefficient (Wildman–Crippen LogP) is 4.12. The Labute approximate surface area is 337 Å². The van der Waals surface area contributed by atoms with Crippen LogP contribution in [-0.2, 0) is 53.3 Å². The first-order valence-electron chi connectivity index (χ1n) is 20.3. The van der Waals surface area contributed by atoms with Gasteiger partial charge in [0.2, 0.25) is 23.6 Å². The summed E-state index contributed by atoms with van der Waals surface area (Å²) < 4.78 is 12.2. The molecule has 5 amide bonds. The first-order chi connectivity index (χ1) is 26.9. The summed E-state index contributed by atoms with van der Waals surface area (Å²) in [6.07, 6.45) is 6.95. The van der Waals surface area contributed by atoms with E-state index in [9.17, 15) is 28.8 Å². The van der Waals surface area contributed by atoms with Crippen molar-refractivity contribution in [3.63, 3.8) is 0 Å². The molecule has 316 valence electrons. The average Bonchev–Trinajstić information content (AvgIpc) is 3.82. The number of hydrogen-bond donors (Lipinski definition) is 4. The molecular formula is C42H65N7O8. The van der Waals surface area contributed by atoms with Gasteiger partial charge in [0.25, 0.3) is 0 Å². The zero-order chi connectivity index (χ0) is 42.3. The number of ether oxygens (including phenoxy) is 2. The SMILES string of the molecule is CCCCC(CCCC)(NC(=O)[C@H]1CCCN1C(=O)[C@H](Cc1cncn1C)NC(=O)OC(C)(C)C)C(=O)N[C@H](C(=O)N[C@@H](Cc1ccccc1)C(=O)OC)C(C)C. The highest BCUT2D eigenvalue weighted by Crippen LogP contribution is 2.27. The maximum absolute atomic E-state index is 14.6. The average molecular weight is 796 g/mol. The third-order valence-corrected chi connectivity index (χ3v) is 10.2. The van der Waals surface area contributed by atoms with Crippen molar-refractivity contribution in [2.45, 2.75) is 148 Å². The Balaban J connectivity index is 1.90. The highest BCUT2D eigenvalue weighted by molar-refractivity contribution is 5.98. The number of nitrogens with zero attached hydrogens (tertiary/aromatic N) is 3. The smallest absolute Gasteiger partial charge is 0.408 e. The number of rotatable bonds is 20. The van der Waals surface area contributed by atoms with E-state index >= 15 is 0 Å². The Morgan fingerprint density at radius 3 is 2.11 bits per heavy atom. The number of nitrogens with one attached hydrogen (secondary N) is 4. The molecule has 1 aliphatic heterocycles. The van der Waals surface area contributed by atoms with E-state index in [1.54, 1.807) is 58.8 Å². The van der Waals surface area contributed by atoms with Gasteiger partial charge in [0.15, 0.2) is 0 Å². The largest absolute Gasteiger partial charge is 0.467 e. The lowest BCUT2D eigenvalue weighted by Crippen LogP contribution is -2.65. The standard InChI is InChI=1S/C42H65N7O8/c1-10-12-21-42(22-13-11-2,39(54)46-34(28(3)4)36(51)44-32(38(53)56-9)24-29-18-15-14-16-19-29)47-35(50)33-20-17-23-49(33)37(52)31(25-30-26-43-27-48(30)8)45-40(55)57-41(5,6)7/h14-16,18-19,26-28,31-34H,10-13,17,20-25H2,1-9H3,(H,44,51)(H,45,55)(H,46,54)(H,47,50)/t31-,32-,33+,34-/m0/s1. The van der Waals surface area contributed by atoms with E-state index in [2.05, 4.69) is 26.3 Å². The van der Waals surface area contributed by atoms with Crippen LogP contribution in [0.25, 0.3) is 0 Å². The van der Waals surface area contributed by atoms with Crippen LogP contribution in [0.15, 0.2) is 42.9 Å². The summed E-state index contributed by atoms with van der Waals surface area (Å²) >= 11 is 0. The molecule has 4 N–H and O–H groups in total. The molecule has 1 saturated heterocycles. The quantitative estimate of drug-likeness (QED) is 0.143. The Morgan fingerprint density at radius 2 is 1.56 bits per heavy atom. The summed E-state index contributed by atoms with van der Waals surface area (Å²) in [6.45, 7) is 13.0. The van der Waals surface area contributed by atoms with Gasteiger partial charge in [-0.05, 0) is 57.9 Å². The molecule has 57 heavy (non-hydrogen) atoms. The fraction of sp³-hybridized carbons (Fsp3) is 0.643. The van der Waals surface area contributed by atoms with E-state index < -0.39 is 71.0 Å². The summed E-state index contributed by atoms with van der Waals surface area (Å²) in [5, 5.41) is 11.6. The molecule has 1 aliphatic rings. The Bertz CT molecular complexity index is 1650. The van der Waals surface area contributed by atoms with Gasteiger partial charge in [-0.3, -0.25) is 19.2 Å². The Hall–Kier alpha value is -4.95. The number of amides is 5. The van der Waals surface area contributed by atoms with Gasteiger partial charge < -0.3 is 40.2 Å². The zero-order valence-electron chi connectivity index (χ0n) is 35.3. The molecule has 4 atom stereocenters. The molecule has 2 heterocycles. The second-order valence-corrected chi connectivity index (χ2v) is 16.3. The van der Waals surface area contributed by atoms with Crippen molar-refractivity contribution in [1.29, 1.82) is 0 Å². The summed E-state index contributed by atoms with van der Waals surface area (Å²) in [5.41, 5.74) is -0.687.